The van der Waals surface area contributed by atoms with Crippen molar-refractivity contribution < 1.29 is 40.7 Å². The normalized spacial score (nSPS) is 12.0. The molecule has 0 aliphatic carbocycles. The van der Waals surface area contributed by atoms with Gasteiger partial charge in [-0.3, -0.25) is 4.79 Å². The monoisotopic (exact) mass is 391 g/mol. The van der Waals surface area contributed by atoms with Gasteiger partial charge < -0.3 is 10.5 Å². The summed E-state index contributed by atoms with van der Waals surface area (Å²) in [6, 6.07) is 4.15. The van der Waals surface area contributed by atoms with Crippen molar-refractivity contribution in [1.82, 2.24) is 0 Å². The molecule has 2 rings (SSSR count). The molecule has 0 aliphatic rings. The summed E-state index contributed by atoms with van der Waals surface area (Å²) in [5.74, 6) is -2.52. The van der Waals surface area contributed by atoms with Gasteiger partial charge in [0.25, 0.3) is 0 Å². The predicted octanol–water partition coefficient (Wildman–Crippen LogP) is 4.35. The third-order valence-electron chi connectivity index (χ3n) is 3.50. The van der Waals surface area contributed by atoms with Gasteiger partial charge in [0, 0.05) is 5.56 Å². The molecule has 10 heteroatoms. The van der Waals surface area contributed by atoms with Crippen LogP contribution < -0.4 is 10.5 Å². The molecule has 27 heavy (non-hydrogen) atoms. The van der Waals surface area contributed by atoms with Crippen LogP contribution in [0.4, 0.5) is 26.3 Å². The Morgan fingerprint density at radius 2 is 1.37 bits per heavy atom. The SMILES string of the molecule is Cc1ccc(C(N)=O)cc1OC(=O)c1cc(C(F)(F)F)cc(C(F)(F)F)c1. The fourth-order valence-electron chi connectivity index (χ4n) is 2.09. The number of ether oxygens (including phenoxy) is 1. The standard InChI is InChI=1S/C17H11F6NO3/c1-8-2-3-9(14(24)25)6-13(8)27-15(26)10-4-11(16(18,19)20)7-12(5-10)17(21,22)23/h2-7H,1H3,(H2,24,25). The molecule has 0 radical (unpaired) electrons. The molecular weight excluding hydrogens is 380 g/mol. The van der Waals surface area contributed by atoms with Gasteiger partial charge in [-0.1, -0.05) is 6.07 Å². The Kier molecular flexibility index (Phi) is 5.21. The highest BCUT2D eigenvalue weighted by Gasteiger charge is 2.37. The van der Waals surface area contributed by atoms with Crippen molar-refractivity contribution in [1.29, 1.82) is 0 Å². The van der Waals surface area contributed by atoms with Crippen LogP contribution in [0.5, 0.6) is 5.75 Å². The lowest BCUT2D eigenvalue weighted by molar-refractivity contribution is -0.143. The lowest BCUT2D eigenvalue weighted by Gasteiger charge is -2.14. The quantitative estimate of drug-likeness (QED) is 0.481. The molecule has 0 spiro atoms. The summed E-state index contributed by atoms with van der Waals surface area (Å²) in [5, 5.41) is 0. The van der Waals surface area contributed by atoms with E-state index in [1.807, 2.05) is 0 Å². The lowest BCUT2D eigenvalue weighted by atomic mass is 10.0. The predicted molar refractivity (Wildman–Crippen MR) is 81.1 cm³/mol. The second kappa shape index (κ2) is 6.93. The molecule has 144 valence electrons. The van der Waals surface area contributed by atoms with Crippen LogP contribution in [0, 0.1) is 6.92 Å². The van der Waals surface area contributed by atoms with Gasteiger partial charge in [-0.15, -0.1) is 0 Å². The molecule has 4 nitrogen and oxygen atoms in total. The van der Waals surface area contributed by atoms with Gasteiger partial charge in [-0.05, 0) is 42.8 Å². The van der Waals surface area contributed by atoms with Crippen LogP contribution in [0.1, 0.15) is 37.4 Å². The smallest absolute Gasteiger partial charge is 0.416 e. The Morgan fingerprint density at radius 1 is 0.852 bits per heavy atom. The summed E-state index contributed by atoms with van der Waals surface area (Å²) in [6.45, 7) is 1.46. The van der Waals surface area contributed by atoms with E-state index in [0.717, 1.165) is 6.07 Å². The average molecular weight is 391 g/mol. The van der Waals surface area contributed by atoms with Gasteiger partial charge >= 0.3 is 18.3 Å². The van der Waals surface area contributed by atoms with Crippen LogP contribution >= 0.6 is 0 Å². The first-order valence-electron chi connectivity index (χ1n) is 7.21. The van der Waals surface area contributed by atoms with Crippen molar-refractivity contribution in [3.05, 3.63) is 64.2 Å². The highest BCUT2D eigenvalue weighted by Crippen LogP contribution is 2.36. The minimum absolute atomic E-state index is 0.0524. The molecule has 0 unspecified atom stereocenters. The van der Waals surface area contributed by atoms with E-state index in [9.17, 15) is 35.9 Å². The van der Waals surface area contributed by atoms with Crippen molar-refractivity contribution in [3.63, 3.8) is 0 Å². The second-order valence-electron chi connectivity index (χ2n) is 5.53. The Hall–Kier alpha value is -3.04. The number of rotatable bonds is 3. The molecule has 0 aromatic heterocycles. The Bertz CT molecular complexity index is 870. The van der Waals surface area contributed by atoms with Crippen LogP contribution in [-0.2, 0) is 12.4 Å². The fourth-order valence-corrected chi connectivity index (χ4v) is 2.09. The second-order valence-corrected chi connectivity index (χ2v) is 5.53. The molecule has 0 heterocycles. The zero-order valence-corrected chi connectivity index (χ0v) is 13.5. The molecule has 0 fully saturated rings. The fraction of sp³-hybridized carbons (Fsp3) is 0.176. The number of alkyl halides is 6. The Morgan fingerprint density at radius 3 is 1.81 bits per heavy atom. The average Bonchev–Trinajstić information content (AvgIpc) is 2.54. The molecule has 1 amide bonds. The van der Waals surface area contributed by atoms with E-state index in [4.69, 9.17) is 10.5 Å². The number of benzene rings is 2. The van der Waals surface area contributed by atoms with Crippen LogP contribution in [0.3, 0.4) is 0 Å². The van der Waals surface area contributed by atoms with Gasteiger partial charge in [0.05, 0.1) is 16.7 Å². The van der Waals surface area contributed by atoms with Crippen molar-refractivity contribution in [2.45, 2.75) is 19.3 Å². The van der Waals surface area contributed by atoms with Crippen molar-refractivity contribution in [2.75, 3.05) is 0 Å². The van der Waals surface area contributed by atoms with Gasteiger partial charge in [-0.2, -0.15) is 26.3 Å². The lowest BCUT2D eigenvalue weighted by Crippen LogP contribution is -2.16. The van der Waals surface area contributed by atoms with Crippen LogP contribution in [0.2, 0.25) is 0 Å². The minimum Gasteiger partial charge on any atom is -0.423 e. The molecular formula is C17H11F6NO3. The van der Waals surface area contributed by atoms with Gasteiger partial charge in [0.2, 0.25) is 5.91 Å². The van der Waals surface area contributed by atoms with E-state index < -0.39 is 40.9 Å². The number of carbonyl (C=O) groups excluding carboxylic acids is 2. The summed E-state index contributed by atoms with van der Waals surface area (Å²) in [4.78, 5) is 23.3. The van der Waals surface area contributed by atoms with E-state index in [-0.39, 0.29) is 29.5 Å². The maximum Gasteiger partial charge on any atom is 0.416 e. The zero-order valence-electron chi connectivity index (χ0n) is 13.5. The van der Waals surface area contributed by atoms with E-state index >= 15 is 0 Å². The van der Waals surface area contributed by atoms with Crippen LogP contribution in [0.25, 0.3) is 0 Å². The molecule has 0 aliphatic heterocycles. The maximum atomic E-state index is 12.9. The maximum absolute atomic E-state index is 12.9. The third kappa shape index (κ3) is 4.78. The Labute approximate surface area is 148 Å². The van der Waals surface area contributed by atoms with Crippen LogP contribution in [0.15, 0.2) is 36.4 Å². The van der Waals surface area contributed by atoms with Crippen molar-refractivity contribution in [2.24, 2.45) is 5.73 Å². The highest BCUT2D eigenvalue weighted by atomic mass is 19.4. The van der Waals surface area contributed by atoms with E-state index in [2.05, 4.69) is 0 Å². The number of primary amides is 1. The third-order valence-corrected chi connectivity index (χ3v) is 3.50. The van der Waals surface area contributed by atoms with Gasteiger partial charge in [0.15, 0.2) is 0 Å². The van der Waals surface area contributed by atoms with Crippen molar-refractivity contribution in [3.8, 4) is 5.75 Å². The molecule has 0 bridgehead atoms. The van der Waals surface area contributed by atoms with Crippen LogP contribution in [-0.4, -0.2) is 11.9 Å². The number of amides is 1. The number of halogens is 6. The number of esters is 1. The topological polar surface area (TPSA) is 69.4 Å². The molecule has 0 saturated carbocycles. The number of nitrogens with two attached hydrogens (primary N) is 1. The number of hydrogen-bond donors (Lipinski definition) is 1. The van der Waals surface area contributed by atoms with E-state index in [1.54, 1.807) is 0 Å². The molecule has 0 saturated heterocycles. The molecule has 0 atom stereocenters. The van der Waals surface area contributed by atoms with E-state index in [0.29, 0.717) is 5.56 Å². The number of hydrogen-bond acceptors (Lipinski definition) is 3. The largest absolute Gasteiger partial charge is 0.423 e. The zero-order chi connectivity index (χ0) is 20.6. The molecule has 2 aromatic carbocycles. The summed E-state index contributed by atoms with van der Waals surface area (Å²) >= 11 is 0. The summed E-state index contributed by atoms with van der Waals surface area (Å²) in [5.41, 5.74) is 1.11. The molecule has 2 aromatic rings. The van der Waals surface area contributed by atoms with E-state index in [1.165, 1.54) is 19.1 Å². The number of aryl methyl sites for hydroxylation is 1. The van der Waals surface area contributed by atoms with Crippen molar-refractivity contribution >= 4 is 11.9 Å². The summed E-state index contributed by atoms with van der Waals surface area (Å²) in [7, 11) is 0. The highest BCUT2D eigenvalue weighted by molar-refractivity contribution is 5.94. The van der Waals surface area contributed by atoms with Gasteiger partial charge in [0.1, 0.15) is 5.75 Å². The first-order chi connectivity index (χ1) is 12.3. The number of carbonyl (C=O) groups is 2. The first-order valence-corrected chi connectivity index (χ1v) is 7.21. The minimum atomic E-state index is -5.10. The Balaban J connectivity index is 2.47. The van der Waals surface area contributed by atoms with Gasteiger partial charge in [-0.25, -0.2) is 4.79 Å². The molecule has 2 N–H and O–H groups in total. The summed E-state index contributed by atoms with van der Waals surface area (Å²) in [6.07, 6.45) is -10.2. The first kappa shape index (κ1) is 20.3. The summed E-state index contributed by atoms with van der Waals surface area (Å²) < 4.78 is 82.0.